The lowest BCUT2D eigenvalue weighted by molar-refractivity contribution is -0.159. The molecule has 0 heterocycles. The van der Waals surface area contributed by atoms with Gasteiger partial charge in [-0.25, -0.2) is 0 Å². The summed E-state index contributed by atoms with van der Waals surface area (Å²) in [5.41, 5.74) is 0. The van der Waals surface area contributed by atoms with E-state index in [1.54, 1.807) is 0 Å². The fourth-order valence-electron chi connectivity index (χ4n) is 5.94. The van der Waals surface area contributed by atoms with E-state index in [0.29, 0.717) is 5.92 Å². The highest BCUT2D eigenvalue weighted by Gasteiger charge is 2.34. The number of hydrogen-bond donors (Lipinski definition) is 0. The SMILES string of the molecule is C=CC1CCC(C2CCC(C(=O)OC(CC)C3CCCCC3)CC2)CC1. The third kappa shape index (κ3) is 5.14. The van der Waals surface area contributed by atoms with Gasteiger partial charge in [0.15, 0.2) is 0 Å². The molecule has 26 heavy (non-hydrogen) atoms. The molecule has 2 heteroatoms. The second-order valence-corrected chi connectivity index (χ2v) is 9.30. The Morgan fingerprint density at radius 1 is 0.923 bits per heavy atom. The van der Waals surface area contributed by atoms with Crippen LogP contribution in [-0.2, 0) is 9.53 Å². The van der Waals surface area contributed by atoms with Gasteiger partial charge in [0.2, 0.25) is 0 Å². The number of ether oxygens (including phenoxy) is 1. The van der Waals surface area contributed by atoms with Crippen LogP contribution < -0.4 is 0 Å². The highest BCUT2D eigenvalue weighted by Crippen LogP contribution is 2.42. The highest BCUT2D eigenvalue weighted by molar-refractivity contribution is 5.72. The van der Waals surface area contributed by atoms with Gasteiger partial charge >= 0.3 is 5.97 Å². The molecule has 0 aromatic heterocycles. The maximum Gasteiger partial charge on any atom is 0.309 e. The Morgan fingerprint density at radius 3 is 2.04 bits per heavy atom. The minimum atomic E-state index is 0.122. The molecule has 0 aromatic carbocycles. The Morgan fingerprint density at radius 2 is 1.50 bits per heavy atom. The summed E-state index contributed by atoms with van der Waals surface area (Å²) < 4.78 is 6.04. The lowest BCUT2D eigenvalue weighted by Crippen LogP contribution is -2.33. The molecule has 0 radical (unpaired) electrons. The van der Waals surface area contributed by atoms with Crippen molar-refractivity contribution in [1.29, 1.82) is 0 Å². The van der Waals surface area contributed by atoms with Crippen LogP contribution in [0.2, 0.25) is 0 Å². The number of esters is 1. The lowest BCUT2D eigenvalue weighted by Gasteiger charge is -2.37. The van der Waals surface area contributed by atoms with E-state index in [-0.39, 0.29) is 18.0 Å². The molecule has 0 saturated heterocycles. The van der Waals surface area contributed by atoms with E-state index in [2.05, 4.69) is 19.6 Å². The van der Waals surface area contributed by atoms with Crippen LogP contribution in [0.3, 0.4) is 0 Å². The van der Waals surface area contributed by atoms with Gasteiger partial charge in [-0.1, -0.05) is 32.3 Å². The van der Waals surface area contributed by atoms with Gasteiger partial charge in [0.25, 0.3) is 0 Å². The van der Waals surface area contributed by atoms with Gasteiger partial charge in [0.1, 0.15) is 6.10 Å². The van der Waals surface area contributed by atoms with E-state index in [1.165, 1.54) is 70.6 Å². The van der Waals surface area contributed by atoms with E-state index in [1.807, 2.05) is 0 Å². The quantitative estimate of drug-likeness (QED) is 0.390. The van der Waals surface area contributed by atoms with Crippen molar-refractivity contribution in [3.8, 4) is 0 Å². The van der Waals surface area contributed by atoms with Gasteiger partial charge in [-0.2, -0.15) is 0 Å². The first-order chi connectivity index (χ1) is 12.7. The van der Waals surface area contributed by atoms with Crippen molar-refractivity contribution < 1.29 is 9.53 Å². The van der Waals surface area contributed by atoms with Crippen molar-refractivity contribution >= 4 is 5.97 Å². The summed E-state index contributed by atoms with van der Waals surface area (Å²) in [4.78, 5) is 12.7. The average molecular weight is 361 g/mol. The first-order valence-electron chi connectivity index (χ1n) is 11.5. The Bertz CT molecular complexity index is 435. The molecule has 0 amide bonds. The predicted molar refractivity (Wildman–Crippen MR) is 108 cm³/mol. The molecular weight excluding hydrogens is 320 g/mol. The topological polar surface area (TPSA) is 26.3 Å². The zero-order valence-electron chi connectivity index (χ0n) is 17.0. The van der Waals surface area contributed by atoms with E-state index in [4.69, 9.17) is 4.74 Å². The van der Waals surface area contributed by atoms with Gasteiger partial charge in [0, 0.05) is 0 Å². The molecule has 3 rings (SSSR count). The van der Waals surface area contributed by atoms with E-state index >= 15 is 0 Å². The molecule has 148 valence electrons. The third-order valence-corrected chi connectivity index (χ3v) is 7.77. The molecule has 0 aromatic rings. The van der Waals surface area contributed by atoms with Crippen molar-refractivity contribution in [2.24, 2.45) is 29.6 Å². The zero-order valence-corrected chi connectivity index (χ0v) is 17.0. The molecule has 0 spiro atoms. The van der Waals surface area contributed by atoms with Crippen LogP contribution >= 0.6 is 0 Å². The van der Waals surface area contributed by atoms with Crippen molar-refractivity contribution in [1.82, 2.24) is 0 Å². The van der Waals surface area contributed by atoms with Crippen LogP contribution in [-0.4, -0.2) is 12.1 Å². The normalized spacial score (nSPS) is 34.8. The first-order valence-corrected chi connectivity index (χ1v) is 11.5. The van der Waals surface area contributed by atoms with Gasteiger partial charge in [-0.15, -0.1) is 6.58 Å². The lowest BCUT2D eigenvalue weighted by atomic mass is 9.69. The third-order valence-electron chi connectivity index (χ3n) is 7.77. The van der Waals surface area contributed by atoms with Gasteiger partial charge in [-0.05, 0) is 94.3 Å². The summed E-state index contributed by atoms with van der Waals surface area (Å²) in [6.07, 6.45) is 19.8. The molecule has 0 bridgehead atoms. The van der Waals surface area contributed by atoms with Crippen LogP contribution in [0.4, 0.5) is 0 Å². The minimum absolute atomic E-state index is 0.122. The van der Waals surface area contributed by atoms with Crippen LogP contribution in [0.25, 0.3) is 0 Å². The molecule has 1 atom stereocenters. The minimum Gasteiger partial charge on any atom is -0.462 e. The van der Waals surface area contributed by atoms with Crippen molar-refractivity contribution in [2.45, 2.75) is 103 Å². The number of carbonyl (C=O) groups excluding carboxylic acids is 1. The van der Waals surface area contributed by atoms with Crippen LogP contribution in [0.5, 0.6) is 0 Å². The van der Waals surface area contributed by atoms with Crippen molar-refractivity contribution in [3.05, 3.63) is 12.7 Å². The maximum atomic E-state index is 12.7. The van der Waals surface area contributed by atoms with Gasteiger partial charge in [-0.3, -0.25) is 4.79 Å². The van der Waals surface area contributed by atoms with Crippen LogP contribution in [0.1, 0.15) is 96.8 Å². The summed E-state index contributed by atoms with van der Waals surface area (Å²) in [7, 11) is 0. The molecule has 3 aliphatic rings. The Balaban J connectivity index is 1.42. The molecule has 3 fully saturated rings. The molecule has 1 unspecified atom stereocenters. The van der Waals surface area contributed by atoms with E-state index < -0.39 is 0 Å². The standard InChI is InChI=1S/C24H40O2/c1-3-18-10-12-19(13-11-18)20-14-16-22(17-15-20)24(25)26-23(4-2)21-8-6-5-7-9-21/h3,18-23H,1,4-17H2,2H3. The molecule has 2 nitrogen and oxygen atoms in total. The summed E-state index contributed by atoms with van der Waals surface area (Å²) in [6.45, 7) is 6.15. The van der Waals surface area contributed by atoms with E-state index in [9.17, 15) is 4.79 Å². The largest absolute Gasteiger partial charge is 0.462 e. The monoisotopic (exact) mass is 360 g/mol. The highest BCUT2D eigenvalue weighted by atomic mass is 16.5. The number of rotatable bonds is 6. The summed E-state index contributed by atoms with van der Waals surface area (Å²) in [5.74, 6) is 3.42. The Labute approximate surface area is 161 Å². The first kappa shape index (κ1) is 20.0. The predicted octanol–water partition coefficient (Wildman–Crippen LogP) is 6.69. The average Bonchev–Trinajstić information content (AvgIpc) is 2.72. The summed E-state index contributed by atoms with van der Waals surface area (Å²) >= 11 is 0. The second kappa shape index (κ2) is 9.95. The zero-order chi connectivity index (χ0) is 18.4. The number of hydrogen-bond acceptors (Lipinski definition) is 2. The van der Waals surface area contributed by atoms with Crippen LogP contribution in [0, 0.1) is 29.6 Å². The van der Waals surface area contributed by atoms with Crippen molar-refractivity contribution in [2.75, 3.05) is 0 Å². The molecular formula is C24H40O2. The molecule has 3 saturated carbocycles. The molecule has 0 aliphatic heterocycles. The van der Waals surface area contributed by atoms with Gasteiger partial charge < -0.3 is 4.74 Å². The molecule has 3 aliphatic carbocycles. The summed E-state index contributed by atoms with van der Waals surface area (Å²) in [6, 6.07) is 0. The Hall–Kier alpha value is -0.790. The fourth-order valence-corrected chi connectivity index (χ4v) is 5.94. The maximum absolute atomic E-state index is 12.7. The number of allylic oxidation sites excluding steroid dienone is 1. The van der Waals surface area contributed by atoms with E-state index in [0.717, 1.165) is 37.0 Å². The Kier molecular flexibility index (Phi) is 7.64. The van der Waals surface area contributed by atoms with Crippen molar-refractivity contribution in [3.63, 3.8) is 0 Å². The summed E-state index contributed by atoms with van der Waals surface area (Å²) in [5, 5.41) is 0. The smallest absolute Gasteiger partial charge is 0.309 e. The van der Waals surface area contributed by atoms with Gasteiger partial charge in [0.05, 0.1) is 5.92 Å². The second-order valence-electron chi connectivity index (χ2n) is 9.30. The van der Waals surface area contributed by atoms with Crippen LogP contribution in [0.15, 0.2) is 12.7 Å². The number of carbonyl (C=O) groups is 1. The fraction of sp³-hybridized carbons (Fsp3) is 0.875. The molecule has 0 N–H and O–H groups in total.